The molecule has 8 heteroatoms. The number of nitrogens with zero attached hydrogens (tertiary/aromatic N) is 6. The molecule has 3 N–H and O–H groups in total. The van der Waals surface area contributed by atoms with Crippen LogP contribution in [0.4, 0.5) is 17.3 Å². The van der Waals surface area contributed by atoms with Gasteiger partial charge in [0.15, 0.2) is 5.82 Å². The number of aromatic nitrogens is 6. The van der Waals surface area contributed by atoms with E-state index >= 15 is 0 Å². The minimum Gasteiger partial charge on any atom is -0.397 e. The number of fused-ring (bicyclic) bond motifs is 1. The van der Waals surface area contributed by atoms with Gasteiger partial charge in [-0.2, -0.15) is 10.2 Å². The van der Waals surface area contributed by atoms with Crippen molar-refractivity contribution in [1.29, 1.82) is 0 Å². The Kier molecular flexibility index (Phi) is 3.72. The highest BCUT2D eigenvalue weighted by Crippen LogP contribution is 2.25. The summed E-state index contributed by atoms with van der Waals surface area (Å²) >= 11 is 0. The summed E-state index contributed by atoms with van der Waals surface area (Å²) in [6.07, 6.45) is 5.57. The lowest BCUT2D eigenvalue weighted by Gasteiger charge is -2.10. The van der Waals surface area contributed by atoms with Crippen LogP contribution in [0.1, 0.15) is 11.3 Å². The van der Waals surface area contributed by atoms with Crippen LogP contribution in [-0.2, 0) is 7.05 Å². The first-order chi connectivity index (χ1) is 12.5. The van der Waals surface area contributed by atoms with E-state index in [0.29, 0.717) is 23.0 Å². The van der Waals surface area contributed by atoms with Gasteiger partial charge in [0.1, 0.15) is 5.82 Å². The van der Waals surface area contributed by atoms with Crippen molar-refractivity contribution in [1.82, 2.24) is 29.9 Å². The molecule has 130 valence electrons. The second-order valence-electron chi connectivity index (χ2n) is 6.16. The molecule has 0 aliphatic rings. The lowest BCUT2D eigenvalue weighted by Crippen LogP contribution is -2.05. The van der Waals surface area contributed by atoms with Crippen molar-refractivity contribution in [2.45, 2.75) is 13.8 Å². The standard InChI is InChI=1S/C18H18N8/c1-10-17(19)11(2)24-25-18(10)23-16-5-4-14-15(22-16)6-12(7-20-14)13-8-21-26(3)9-13/h4-9H,1-3H3,(H3,19,22,23,25). The fourth-order valence-electron chi connectivity index (χ4n) is 2.70. The van der Waals surface area contributed by atoms with Crippen molar-refractivity contribution in [3.63, 3.8) is 0 Å². The Balaban J connectivity index is 1.71. The van der Waals surface area contributed by atoms with Gasteiger partial charge in [0, 0.05) is 36.1 Å². The number of hydrogen-bond acceptors (Lipinski definition) is 7. The Labute approximate surface area is 150 Å². The van der Waals surface area contributed by atoms with Gasteiger partial charge in [0.25, 0.3) is 0 Å². The third kappa shape index (κ3) is 2.81. The molecule has 4 aromatic heterocycles. The van der Waals surface area contributed by atoms with Crippen molar-refractivity contribution in [3.05, 3.63) is 48.0 Å². The summed E-state index contributed by atoms with van der Waals surface area (Å²) < 4.78 is 1.76. The van der Waals surface area contributed by atoms with E-state index in [4.69, 9.17) is 5.73 Å². The molecule has 26 heavy (non-hydrogen) atoms. The fraction of sp³-hybridized carbons (Fsp3) is 0.167. The normalized spacial score (nSPS) is 11.0. The third-order valence-electron chi connectivity index (χ3n) is 4.27. The van der Waals surface area contributed by atoms with E-state index in [0.717, 1.165) is 27.7 Å². The van der Waals surface area contributed by atoms with Gasteiger partial charge in [-0.05, 0) is 32.0 Å². The van der Waals surface area contributed by atoms with Gasteiger partial charge in [-0.1, -0.05) is 0 Å². The van der Waals surface area contributed by atoms with E-state index in [-0.39, 0.29) is 0 Å². The Hall–Kier alpha value is -3.55. The van der Waals surface area contributed by atoms with Crippen LogP contribution in [0.5, 0.6) is 0 Å². The molecule has 4 heterocycles. The van der Waals surface area contributed by atoms with Gasteiger partial charge in [0.05, 0.1) is 28.6 Å². The molecule has 4 rings (SSSR count). The predicted octanol–water partition coefficient (Wildman–Crippen LogP) is 2.76. The number of nitrogens with two attached hydrogens (primary N) is 1. The molecule has 0 spiro atoms. The monoisotopic (exact) mass is 346 g/mol. The highest BCUT2D eigenvalue weighted by molar-refractivity contribution is 5.82. The van der Waals surface area contributed by atoms with Crippen LogP contribution in [0, 0.1) is 13.8 Å². The Morgan fingerprint density at radius 1 is 1.04 bits per heavy atom. The molecule has 0 fully saturated rings. The predicted molar refractivity (Wildman–Crippen MR) is 101 cm³/mol. The first-order valence-electron chi connectivity index (χ1n) is 8.13. The molecule has 0 atom stereocenters. The Morgan fingerprint density at radius 2 is 1.88 bits per heavy atom. The molecule has 0 aromatic carbocycles. The molecule has 0 aliphatic carbocycles. The summed E-state index contributed by atoms with van der Waals surface area (Å²) in [6.45, 7) is 3.74. The van der Waals surface area contributed by atoms with Crippen molar-refractivity contribution < 1.29 is 0 Å². The summed E-state index contributed by atoms with van der Waals surface area (Å²) in [5.74, 6) is 1.25. The van der Waals surface area contributed by atoms with Crippen LogP contribution in [0.3, 0.4) is 0 Å². The summed E-state index contributed by atoms with van der Waals surface area (Å²) in [5, 5.41) is 15.6. The SMILES string of the molecule is Cc1nnc(Nc2ccc3ncc(-c4cnn(C)c4)cc3n2)c(C)c1N. The molecule has 0 bridgehead atoms. The highest BCUT2D eigenvalue weighted by Gasteiger charge is 2.10. The maximum absolute atomic E-state index is 6.03. The second kappa shape index (κ2) is 6.07. The zero-order valence-electron chi connectivity index (χ0n) is 14.7. The summed E-state index contributed by atoms with van der Waals surface area (Å²) in [7, 11) is 1.88. The summed E-state index contributed by atoms with van der Waals surface area (Å²) in [6, 6.07) is 5.76. The van der Waals surface area contributed by atoms with E-state index < -0.39 is 0 Å². The third-order valence-corrected chi connectivity index (χ3v) is 4.27. The van der Waals surface area contributed by atoms with Gasteiger partial charge < -0.3 is 11.1 Å². The molecule has 0 saturated carbocycles. The lowest BCUT2D eigenvalue weighted by molar-refractivity contribution is 0.768. The smallest absolute Gasteiger partial charge is 0.159 e. The fourth-order valence-corrected chi connectivity index (χ4v) is 2.70. The van der Waals surface area contributed by atoms with Crippen molar-refractivity contribution in [2.24, 2.45) is 7.05 Å². The van der Waals surface area contributed by atoms with E-state index in [1.54, 1.807) is 10.9 Å². The Morgan fingerprint density at radius 3 is 2.65 bits per heavy atom. The molecule has 0 saturated heterocycles. The summed E-state index contributed by atoms with van der Waals surface area (Å²) in [5.41, 5.74) is 11.8. The van der Waals surface area contributed by atoms with Crippen LogP contribution >= 0.6 is 0 Å². The van der Waals surface area contributed by atoms with Gasteiger partial charge >= 0.3 is 0 Å². The maximum Gasteiger partial charge on any atom is 0.159 e. The van der Waals surface area contributed by atoms with Crippen molar-refractivity contribution in [2.75, 3.05) is 11.1 Å². The Bertz CT molecular complexity index is 1120. The molecule has 0 radical (unpaired) electrons. The molecule has 0 aliphatic heterocycles. The topological polar surface area (TPSA) is 107 Å². The number of pyridine rings is 2. The van der Waals surface area contributed by atoms with Crippen LogP contribution in [0.2, 0.25) is 0 Å². The highest BCUT2D eigenvalue weighted by atomic mass is 15.2. The molecular weight excluding hydrogens is 328 g/mol. The zero-order chi connectivity index (χ0) is 18.3. The maximum atomic E-state index is 6.03. The van der Waals surface area contributed by atoms with E-state index in [2.05, 4.69) is 30.6 Å². The number of aryl methyl sites for hydroxylation is 2. The van der Waals surface area contributed by atoms with Gasteiger partial charge in [-0.25, -0.2) is 4.98 Å². The molecule has 8 nitrogen and oxygen atoms in total. The largest absolute Gasteiger partial charge is 0.397 e. The number of nitrogens with one attached hydrogen (secondary N) is 1. The number of rotatable bonds is 3. The van der Waals surface area contributed by atoms with Gasteiger partial charge in [0.2, 0.25) is 0 Å². The molecule has 4 aromatic rings. The second-order valence-corrected chi connectivity index (χ2v) is 6.16. The van der Waals surface area contributed by atoms with Crippen molar-refractivity contribution >= 4 is 28.4 Å². The quantitative estimate of drug-likeness (QED) is 0.587. The van der Waals surface area contributed by atoms with Crippen LogP contribution in [-0.4, -0.2) is 29.9 Å². The molecule has 0 unspecified atom stereocenters. The van der Waals surface area contributed by atoms with E-state index in [1.165, 1.54) is 0 Å². The van der Waals surface area contributed by atoms with Crippen LogP contribution in [0.15, 0.2) is 36.8 Å². The van der Waals surface area contributed by atoms with Crippen LogP contribution < -0.4 is 11.1 Å². The minimum atomic E-state index is 0.594. The van der Waals surface area contributed by atoms with Crippen LogP contribution in [0.25, 0.3) is 22.2 Å². The number of hydrogen-bond donors (Lipinski definition) is 2. The number of nitrogen functional groups attached to an aromatic ring is 1. The number of anilines is 3. The van der Waals surface area contributed by atoms with Crippen molar-refractivity contribution in [3.8, 4) is 11.1 Å². The molecular formula is C18H18N8. The average Bonchev–Trinajstić information content (AvgIpc) is 3.08. The lowest BCUT2D eigenvalue weighted by atomic mass is 10.1. The van der Waals surface area contributed by atoms with Gasteiger partial charge in [-0.3, -0.25) is 9.67 Å². The first kappa shape index (κ1) is 15.9. The zero-order valence-corrected chi connectivity index (χ0v) is 14.7. The summed E-state index contributed by atoms with van der Waals surface area (Å²) in [4.78, 5) is 9.13. The van der Waals surface area contributed by atoms with E-state index in [9.17, 15) is 0 Å². The minimum absolute atomic E-state index is 0.594. The van der Waals surface area contributed by atoms with Gasteiger partial charge in [-0.15, -0.1) is 5.10 Å². The first-order valence-corrected chi connectivity index (χ1v) is 8.13. The average molecular weight is 346 g/mol. The molecule has 0 amide bonds. The van der Waals surface area contributed by atoms with E-state index in [1.807, 2.05) is 51.5 Å².